The molecule has 33 heavy (non-hydrogen) atoms. The number of nitrogens with one attached hydrogen (secondary N) is 1. The van der Waals surface area contributed by atoms with E-state index in [1.54, 1.807) is 43.3 Å². The molecule has 2 N–H and O–H groups in total. The molecular formula is C25H28ClNO6. The molecule has 0 amide bonds. The minimum absolute atomic E-state index is 0.106. The third kappa shape index (κ3) is 7.89. The van der Waals surface area contributed by atoms with E-state index in [0.29, 0.717) is 54.1 Å². The van der Waals surface area contributed by atoms with Crippen LogP contribution in [-0.2, 0) is 16.0 Å². The van der Waals surface area contributed by atoms with Gasteiger partial charge in [0.1, 0.15) is 29.8 Å². The van der Waals surface area contributed by atoms with Gasteiger partial charge in [0.15, 0.2) is 0 Å². The number of benzene rings is 2. The smallest absolute Gasteiger partial charge is 0.374 e. The second-order valence-electron chi connectivity index (χ2n) is 7.65. The molecule has 1 unspecified atom stereocenters. The van der Waals surface area contributed by atoms with Crippen LogP contribution in [0.4, 0.5) is 0 Å². The number of carbonyl (C=O) groups is 2. The van der Waals surface area contributed by atoms with Crippen molar-refractivity contribution in [2.45, 2.75) is 32.3 Å². The number of esters is 1. The highest BCUT2D eigenvalue weighted by Crippen LogP contribution is 2.25. The molecule has 0 bridgehead atoms. The maximum Gasteiger partial charge on any atom is 0.374 e. The zero-order valence-electron chi connectivity index (χ0n) is 18.5. The van der Waals surface area contributed by atoms with Crippen molar-refractivity contribution in [2.75, 3.05) is 26.3 Å². The Morgan fingerprint density at radius 3 is 2.82 bits per heavy atom. The van der Waals surface area contributed by atoms with Crippen molar-refractivity contribution in [3.05, 3.63) is 64.9 Å². The zero-order chi connectivity index (χ0) is 23.6. The minimum atomic E-state index is -0.706. The molecule has 0 saturated carbocycles. The van der Waals surface area contributed by atoms with E-state index in [4.69, 9.17) is 25.5 Å². The van der Waals surface area contributed by atoms with Gasteiger partial charge in [0.25, 0.3) is 0 Å². The van der Waals surface area contributed by atoms with Crippen molar-refractivity contribution in [1.82, 2.24) is 5.32 Å². The first kappa shape index (κ1) is 24.8. The van der Waals surface area contributed by atoms with Gasteiger partial charge in [-0.2, -0.15) is 0 Å². The number of halogens is 1. The van der Waals surface area contributed by atoms with Gasteiger partial charge in [-0.3, -0.25) is 4.79 Å². The lowest BCUT2D eigenvalue weighted by molar-refractivity contribution is -0.118. The molecule has 0 fully saturated rings. The maximum atomic E-state index is 12.1. The lowest BCUT2D eigenvalue weighted by Gasteiger charge is -2.13. The fourth-order valence-corrected chi connectivity index (χ4v) is 3.52. The number of furan rings is 1. The molecular weight excluding hydrogens is 446 g/mol. The van der Waals surface area contributed by atoms with Crippen molar-refractivity contribution in [2.24, 2.45) is 0 Å². The summed E-state index contributed by atoms with van der Waals surface area (Å²) >= 11 is 5.94. The Kier molecular flexibility index (Phi) is 9.30. The first-order chi connectivity index (χ1) is 15.9. The Morgan fingerprint density at radius 2 is 2.03 bits per heavy atom. The van der Waals surface area contributed by atoms with Crippen LogP contribution in [-0.4, -0.2) is 49.3 Å². The van der Waals surface area contributed by atoms with Gasteiger partial charge in [-0.25, -0.2) is 4.79 Å². The topological polar surface area (TPSA) is 98.0 Å². The van der Waals surface area contributed by atoms with Crippen LogP contribution in [0.15, 0.2) is 52.9 Å². The summed E-state index contributed by atoms with van der Waals surface area (Å²) in [5.74, 6) is 0.344. The number of rotatable bonds is 13. The van der Waals surface area contributed by atoms with Crippen LogP contribution in [0.1, 0.15) is 35.9 Å². The molecule has 1 aromatic heterocycles. The van der Waals surface area contributed by atoms with E-state index in [2.05, 4.69) is 5.32 Å². The standard InChI is InChI=1S/C25H28ClNO6/c1-2-31-25(30)24-14-18-13-22(8-9-23(18)33-24)32-16-21(29)15-27-10-4-7-20(28)12-17-5-3-6-19(26)11-17/h3,5-6,8-9,11,13-14,21,27,29H,2,4,7,10,12,15-16H2,1H3. The summed E-state index contributed by atoms with van der Waals surface area (Å²) in [7, 11) is 0. The third-order valence-electron chi connectivity index (χ3n) is 4.89. The van der Waals surface area contributed by atoms with E-state index in [1.807, 2.05) is 12.1 Å². The van der Waals surface area contributed by atoms with Crippen molar-refractivity contribution >= 4 is 34.3 Å². The Bertz CT molecular complexity index is 1080. The normalized spacial score (nSPS) is 12.0. The van der Waals surface area contributed by atoms with Gasteiger partial charge >= 0.3 is 5.97 Å². The number of Topliss-reactive ketones (excluding diaryl/α,β-unsaturated/α-hetero) is 1. The second-order valence-corrected chi connectivity index (χ2v) is 8.09. The molecule has 0 aliphatic heterocycles. The Morgan fingerprint density at radius 1 is 1.18 bits per heavy atom. The molecule has 8 heteroatoms. The van der Waals surface area contributed by atoms with Gasteiger partial charge in [-0.15, -0.1) is 0 Å². The number of aliphatic hydroxyl groups excluding tert-OH is 1. The van der Waals surface area contributed by atoms with Crippen molar-refractivity contribution in [3.8, 4) is 5.75 Å². The molecule has 2 aromatic carbocycles. The molecule has 3 aromatic rings. The van der Waals surface area contributed by atoms with E-state index in [0.717, 1.165) is 5.56 Å². The van der Waals surface area contributed by atoms with Gasteiger partial charge in [-0.1, -0.05) is 23.7 Å². The maximum absolute atomic E-state index is 12.1. The second kappa shape index (κ2) is 12.4. The van der Waals surface area contributed by atoms with Gasteiger partial charge in [-0.05, 0) is 61.9 Å². The minimum Gasteiger partial charge on any atom is -0.491 e. The molecule has 0 radical (unpaired) electrons. The van der Waals surface area contributed by atoms with Gasteiger partial charge in [0, 0.05) is 29.8 Å². The average Bonchev–Trinajstić information content (AvgIpc) is 3.21. The quantitative estimate of drug-likeness (QED) is 0.284. The molecule has 1 heterocycles. The molecule has 0 spiro atoms. The summed E-state index contributed by atoms with van der Waals surface area (Å²) in [6.45, 7) is 3.08. The zero-order valence-corrected chi connectivity index (χ0v) is 19.3. The van der Waals surface area contributed by atoms with E-state index < -0.39 is 12.1 Å². The van der Waals surface area contributed by atoms with Crippen LogP contribution >= 0.6 is 11.6 Å². The Balaban J connectivity index is 1.33. The lowest BCUT2D eigenvalue weighted by atomic mass is 10.1. The highest BCUT2D eigenvalue weighted by Gasteiger charge is 2.14. The van der Waals surface area contributed by atoms with E-state index in [-0.39, 0.29) is 24.8 Å². The SMILES string of the molecule is CCOC(=O)c1cc2cc(OCC(O)CNCCCC(=O)Cc3cccc(Cl)c3)ccc2o1. The number of hydrogen-bond donors (Lipinski definition) is 2. The van der Waals surface area contributed by atoms with Crippen molar-refractivity contribution in [1.29, 1.82) is 0 Å². The van der Waals surface area contributed by atoms with Gasteiger partial charge < -0.3 is 24.3 Å². The fourth-order valence-electron chi connectivity index (χ4n) is 3.31. The van der Waals surface area contributed by atoms with Crippen molar-refractivity contribution in [3.63, 3.8) is 0 Å². The predicted octanol–water partition coefficient (Wildman–Crippen LogP) is 4.18. The number of fused-ring (bicyclic) bond motifs is 1. The van der Waals surface area contributed by atoms with Crippen LogP contribution < -0.4 is 10.1 Å². The number of hydrogen-bond acceptors (Lipinski definition) is 7. The molecule has 0 aliphatic carbocycles. The Labute approximate surface area is 197 Å². The van der Waals surface area contributed by atoms with E-state index >= 15 is 0 Å². The fraction of sp³-hybridized carbons (Fsp3) is 0.360. The van der Waals surface area contributed by atoms with Crippen LogP contribution in [0.5, 0.6) is 5.75 Å². The van der Waals surface area contributed by atoms with Crippen LogP contribution in [0.25, 0.3) is 11.0 Å². The van der Waals surface area contributed by atoms with Crippen LogP contribution in [0.3, 0.4) is 0 Å². The lowest BCUT2D eigenvalue weighted by Crippen LogP contribution is -2.32. The number of ketones is 1. The monoisotopic (exact) mass is 473 g/mol. The molecule has 7 nitrogen and oxygen atoms in total. The number of ether oxygens (including phenoxy) is 2. The summed E-state index contributed by atoms with van der Waals surface area (Å²) in [5.41, 5.74) is 1.47. The molecule has 176 valence electrons. The van der Waals surface area contributed by atoms with Crippen molar-refractivity contribution < 1.29 is 28.6 Å². The highest BCUT2D eigenvalue weighted by atomic mass is 35.5. The largest absolute Gasteiger partial charge is 0.491 e. The molecule has 3 rings (SSSR count). The van der Waals surface area contributed by atoms with Gasteiger partial charge in [0.2, 0.25) is 5.76 Å². The first-order valence-electron chi connectivity index (χ1n) is 10.9. The van der Waals surface area contributed by atoms with Crippen LogP contribution in [0, 0.1) is 0 Å². The molecule has 0 aliphatic rings. The van der Waals surface area contributed by atoms with Gasteiger partial charge in [0.05, 0.1) is 6.61 Å². The number of aliphatic hydroxyl groups is 1. The average molecular weight is 474 g/mol. The highest BCUT2D eigenvalue weighted by molar-refractivity contribution is 6.30. The van der Waals surface area contributed by atoms with Crippen LogP contribution in [0.2, 0.25) is 5.02 Å². The summed E-state index contributed by atoms with van der Waals surface area (Å²) in [6.07, 6.45) is 0.818. The predicted molar refractivity (Wildman–Crippen MR) is 126 cm³/mol. The Hall–Kier alpha value is -2.87. The summed E-state index contributed by atoms with van der Waals surface area (Å²) < 4.78 is 16.1. The summed E-state index contributed by atoms with van der Waals surface area (Å²) in [5, 5.41) is 14.6. The third-order valence-corrected chi connectivity index (χ3v) is 5.12. The summed E-state index contributed by atoms with van der Waals surface area (Å²) in [6, 6.07) is 14.1. The van der Waals surface area contributed by atoms with E-state index in [9.17, 15) is 14.7 Å². The van der Waals surface area contributed by atoms with E-state index in [1.165, 1.54) is 0 Å². The molecule has 1 atom stereocenters. The summed E-state index contributed by atoms with van der Waals surface area (Å²) in [4.78, 5) is 23.9. The first-order valence-corrected chi connectivity index (χ1v) is 11.3. The number of carbonyl (C=O) groups excluding carboxylic acids is 2. The molecule has 0 saturated heterocycles.